The van der Waals surface area contributed by atoms with Crippen LogP contribution in [0.5, 0.6) is 5.75 Å². The van der Waals surface area contributed by atoms with Crippen LogP contribution in [-0.4, -0.2) is 29.6 Å². The summed E-state index contributed by atoms with van der Waals surface area (Å²) in [7, 11) is 1.51. The molecule has 0 bridgehead atoms. The van der Waals surface area contributed by atoms with E-state index >= 15 is 0 Å². The molecule has 170 valence electrons. The van der Waals surface area contributed by atoms with E-state index in [1.165, 1.54) is 19.5 Å². The van der Waals surface area contributed by atoms with Crippen molar-refractivity contribution in [3.63, 3.8) is 0 Å². The van der Waals surface area contributed by atoms with Crippen molar-refractivity contribution in [2.24, 2.45) is 4.99 Å². The summed E-state index contributed by atoms with van der Waals surface area (Å²) < 4.78 is 28.1. The van der Waals surface area contributed by atoms with Crippen molar-refractivity contribution < 1.29 is 13.9 Å². The Bertz CT molecular complexity index is 1120. The van der Waals surface area contributed by atoms with Crippen molar-refractivity contribution >= 4 is 41.7 Å². The van der Waals surface area contributed by atoms with Crippen LogP contribution in [0.1, 0.15) is 17.1 Å². The Labute approximate surface area is 197 Å². The summed E-state index contributed by atoms with van der Waals surface area (Å²) in [6, 6.07) is 9.92. The third-order valence-electron chi connectivity index (χ3n) is 5.19. The fourth-order valence-electron chi connectivity index (χ4n) is 3.55. The highest BCUT2D eigenvalue weighted by Crippen LogP contribution is 2.38. The first-order valence-electron chi connectivity index (χ1n) is 9.76. The number of benzene rings is 2. The van der Waals surface area contributed by atoms with Gasteiger partial charge >= 0.3 is 0 Å². The van der Waals surface area contributed by atoms with Crippen molar-refractivity contribution in [2.75, 3.05) is 24.4 Å². The molecule has 1 atom stereocenters. The molecule has 0 saturated carbocycles. The maximum Gasteiger partial charge on any atom is 0.267 e. The minimum absolute atomic E-state index is 0. The van der Waals surface area contributed by atoms with Gasteiger partial charge in [-0.3, -0.25) is 0 Å². The van der Waals surface area contributed by atoms with Gasteiger partial charge in [0.2, 0.25) is 0 Å². The Morgan fingerprint density at radius 1 is 1.22 bits per heavy atom. The number of aryl methyl sites for hydroxylation is 2. The molecule has 2 N–H and O–H groups in total. The lowest BCUT2D eigenvalue weighted by atomic mass is 10.1. The number of aliphatic imine (C=N–C) groups is 1. The molecule has 0 radical (unpaired) electrons. The fraction of sp³-hybridized carbons (Fsp3) is 0.273. The van der Waals surface area contributed by atoms with Crippen molar-refractivity contribution in [1.82, 2.24) is 9.55 Å². The van der Waals surface area contributed by atoms with Gasteiger partial charge in [-0.1, -0.05) is 11.6 Å². The van der Waals surface area contributed by atoms with E-state index in [-0.39, 0.29) is 18.1 Å². The molecule has 32 heavy (non-hydrogen) atoms. The van der Waals surface area contributed by atoms with Crippen LogP contribution in [0.3, 0.4) is 0 Å². The lowest BCUT2D eigenvalue weighted by Gasteiger charge is -2.34. The predicted octanol–water partition coefficient (Wildman–Crippen LogP) is 5.12. The standard InChI is InChI=1S/C22H23ClFN5O2.ClH/c1-14-12-25-15(2)29(14)8-9-31-17-5-6-18-21(11-17)26-13-27-22(18,30-3)28-20-7-4-16(23)10-19(20)24;/h4-7,10-13,28H,8-9H2,1-3H3,(H,26,27);1H. The number of rotatable bonds is 7. The summed E-state index contributed by atoms with van der Waals surface area (Å²) in [5.74, 6) is -0.141. The molecule has 10 heteroatoms. The number of fused-ring (bicyclic) bond motifs is 1. The van der Waals surface area contributed by atoms with Crippen LogP contribution in [0.25, 0.3) is 0 Å². The minimum atomic E-state index is -1.29. The summed E-state index contributed by atoms with van der Waals surface area (Å²) in [6.07, 6.45) is 3.35. The third-order valence-corrected chi connectivity index (χ3v) is 5.43. The van der Waals surface area contributed by atoms with E-state index in [1.54, 1.807) is 12.1 Å². The fourth-order valence-corrected chi connectivity index (χ4v) is 3.71. The summed E-state index contributed by atoms with van der Waals surface area (Å²) in [6.45, 7) is 5.18. The van der Waals surface area contributed by atoms with Gasteiger partial charge in [-0.2, -0.15) is 0 Å². The Kier molecular flexibility index (Phi) is 7.28. The second-order valence-corrected chi connectivity index (χ2v) is 7.59. The molecule has 3 aromatic rings. The predicted molar refractivity (Wildman–Crippen MR) is 127 cm³/mol. The summed E-state index contributed by atoms with van der Waals surface area (Å²) in [5, 5.41) is 6.46. The molecule has 2 heterocycles. The smallest absolute Gasteiger partial charge is 0.267 e. The molecule has 7 nitrogen and oxygen atoms in total. The highest BCUT2D eigenvalue weighted by atomic mass is 35.5. The van der Waals surface area contributed by atoms with Crippen LogP contribution in [-0.2, 0) is 17.1 Å². The average molecular weight is 480 g/mol. The quantitative estimate of drug-likeness (QED) is 0.460. The Balaban J connectivity index is 0.00000289. The first kappa shape index (κ1) is 23.8. The zero-order valence-corrected chi connectivity index (χ0v) is 19.4. The Morgan fingerprint density at radius 3 is 2.72 bits per heavy atom. The van der Waals surface area contributed by atoms with Crippen LogP contribution in [0.4, 0.5) is 15.8 Å². The van der Waals surface area contributed by atoms with Gasteiger partial charge in [0, 0.05) is 30.1 Å². The number of halogens is 3. The first-order chi connectivity index (χ1) is 14.9. The van der Waals surface area contributed by atoms with Crippen LogP contribution in [0.2, 0.25) is 5.02 Å². The molecule has 0 spiro atoms. The number of hydrogen-bond donors (Lipinski definition) is 2. The molecular weight excluding hydrogens is 456 g/mol. The average Bonchev–Trinajstić information content (AvgIpc) is 3.08. The van der Waals surface area contributed by atoms with Gasteiger partial charge in [0.05, 0.1) is 29.8 Å². The lowest BCUT2D eigenvalue weighted by Crippen LogP contribution is -2.39. The first-order valence-corrected chi connectivity index (χ1v) is 10.1. The molecule has 0 aliphatic carbocycles. The summed E-state index contributed by atoms with van der Waals surface area (Å²) in [5.41, 5.74) is 2.75. The van der Waals surface area contributed by atoms with Gasteiger partial charge in [0.15, 0.2) is 0 Å². The van der Waals surface area contributed by atoms with Gasteiger partial charge in [0.1, 0.15) is 24.0 Å². The number of ether oxygens (including phenoxy) is 2. The number of imidazole rings is 1. The Hall–Kier alpha value is -2.81. The molecule has 0 saturated heterocycles. The van der Waals surface area contributed by atoms with Crippen LogP contribution >= 0.6 is 24.0 Å². The second kappa shape index (κ2) is 9.77. The van der Waals surface area contributed by atoms with Gasteiger partial charge in [-0.15, -0.1) is 12.4 Å². The van der Waals surface area contributed by atoms with E-state index < -0.39 is 11.7 Å². The normalized spacial score (nSPS) is 16.7. The van der Waals surface area contributed by atoms with Crippen molar-refractivity contribution in [2.45, 2.75) is 26.2 Å². The SMILES string of the molecule is COC1(Nc2ccc(Cl)cc2F)N=CNc2cc(OCCn3c(C)cnc3C)ccc21.Cl. The topological polar surface area (TPSA) is 72.7 Å². The number of anilines is 2. The van der Waals surface area contributed by atoms with Crippen LogP contribution in [0, 0.1) is 19.7 Å². The maximum atomic E-state index is 14.4. The number of methoxy groups -OCH3 is 1. The third kappa shape index (κ3) is 4.67. The van der Waals surface area contributed by atoms with Crippen molar-refractivity contribution in [1.29, 1.82) is 0 Å². The molecule has 1 aliphatic rings. The molecule has 0 fully saturated rings. The maximum absolute atomic E-state index is 14.4. The monoisotopic (exact) mass is 479 g/mol. The van der Waals surface area contributed by atoms with Crippen LogP contribution < -0.4 is 15.4 Å². The van der Waals surface area contributed by atoms with Gasteiger partial charge in [-0.05, 0) is 44.2 Å². The molecule has 2 aromatic carbocycles. The highest BCUT2D eigenvalue weighted by Gasteiger charge is 2.36. The molecule has 4 rings (SSSR count). The van der Waals surface area contributed by atoms with E-state index in [0.29, 0.717) is 29.5 Å². The second-order valence-electron chi connectivity index (χ2n) is 7.15. The van der Waals surface area contributed by atoms with Gasteiger partial charge in [0.25, 0.3) is 5.85 Å². The molecule has 0 amide bonds. The molecular formula is C22H24Cl2FN5O2. The van der Waals surface area contributed by atoms with Gasteiger partial charge < -0.3 is 24.7 Å². The Morgan fingerprint density at radius 2 is 2.03 bits per heavy atom. The van der Waals surface area contributed by atoms with E-state index in [0.717, 1.165) is 17.2 Å². The zero-order valence-electron chi connectivity index (χ0n) is 17.9. The number of nitrogens with one attached hydrogen (secondary N) is 2. The highest BCUT2D eigenvalue weighted by molar-refractivity contribution is 6.30. The number of nitrogens with zero attached hydrogens (tertiary/aromatic N) is 3. The number of hydrogen-bond acceptors (Lipinski definition) is 6. The summed E-state index contributed by atoms with van der Waals surface area (Å²) in [4.78, 5) is 8.70. The molecule has 1 aromatic heterocycles. The lowest BCUT2D eigenvalue weighted by molar-refractivity contribution is 0.0188. The van der Waals surface area contributed by atoms with E-state index in [4.69, 9.17) is 21.1 Å². The molecule has 1 unspecified atom stereocenters. The summed E-state index contributed by atoms with van der Waals surface area (Å²) >= 11 is 5.86. The van der Waals surface area contributed by atoms with Crippen LogP contribution in [0.15, 0.2) is 47.6 Å². The van der Waals surface area contributed by atoms with E-state index in [9.17, 15) is 4.39 Å². The van der Waals surface area contributed by atoms with Crippen molar-refractivity contribution in [3.05, 3.63) is 70.5 Å². The van der Waals surface area contributed by atoms with Gasteiger partial charge in [-0.25, -0.2) is 14.4 Å². The minimum Gasteiger partial charge on any atom is -0.492 e. The largest absolute Gasteiger partial charge is 0.492 e. The van der Waals surface area contributed by atoms with Crippen molar-refractivity contribution in [3.8, 4) is 5.75 Å². The zero-order chi connectivity index (χ0) is 22.0. The number of aromatic nitrogens is 2. The van der Waals surface area contributed by atoms with E-state index in [1.807, 2.05) is 38.2 Å². The van der Waals surface area contributed by atoms with E-state index in [2.05, 4.69) is 25.2 Å². The molecule has 1 aliphatic heterocycles.